The molecule has 8 rings (SSSR count). The smallest absolute Gasteiger partial charge is 0.302 e. The highest BCUT2D eigenvalue weighted by atomic mass is 16.8. The Kier molecular flexibility index (Phi) is 3.16. The highest BCUT2D eigenvalue weighted by Gasteiger charge is 2.93. The van der Waals surface area contributed by atoms with Crippen molar-refractivity contribution in [2.45, 2.75) is 76.8 Å². The molecule has 4 saturated heterocycles. The van der Waals surface area contributed by atoms with Gasteiger partial charge in [0.2, 0.25) is 5.79 Å². The van der Waals surface area contributed by atoms with Gasteiger partial charge in [-0.3, -0.25) is 9.59 Å². The largest absolute Gasteiger partial charge is 0.462 e. The van der Waals surface area contributed by atoms with E-state index >= 15 is 0 Å². The third kappa shape index (κ3) is 1.61. The maximum atomic E-state index is 13.7. The van der Waals surface area contributed by atoms with Crippen molar-refractivity contribution in [1.29, 1.82) is 0 Å². The monoisotopic (exact) mass is 404 g/mol. The van der Waals surface area contributed by atoms with Crippen molar-refractivity contribution in [2.24, 2.45) is 34.0 Å². The third-order valence-corrected chi connectivity index (χ3v) is 9.33. The van der Waals surface area contributed by atoms with Crippen LogP contribution >= 0.6 is 0 Å². The molecule has 7 nitrogen and oxygen atoms in total. The number of rotatable bonds is 1. The summed E-state index contributed by atoms with van der Waals surface area (Å²) in [5.41, 5.74) is -2.09. The zero-order valence-corrected chi connectivity index (χ0v) is 17.0. The van der Waals surface area contributed by atoms with Crippen molar-refractivity contribution in [3.63, 3.8) is 0 Å². The molecule has 4 heterocycles. The van der Waals surface area contributed by atoms with Crippen molar-refractivity contribution in [2.75, 3.05) is 0 Å². The molecule has 4 saturated carbocycles. The van der Waals surface area contributed by atoms with Crippen molar-refractivity contribution in [3.05, 3.63) is 12.2 Å². The van der Waals surface area contributed by atoms with E-state index in [0.29, 0.717) is 18.4 Å². The first kappa shape index (κ1) is 18.5. The van der Waals surface area contributed by atoms with Crippen LogP contribution in [0.2, 0.25) is 0 Å². The Balaban J connectivity index is 1.67. The van der Waals surface area contributed by atoms with Gasteiger partial charge in [0, 0.05) is 30.1 Å². The number of hydrogen-bond donors (Lipinski definition) is 2. The number of aliphatic hydroxyl groups excluding tert-OH is 1. The first-order valence-corrected chi connectivity index (χ1v) is 10.7. The van der Waals surface area contributed by atoms with Gasteiger partial charge in [0.05, 0.1) is 6.10 Å². The molecule has 7 heteroatoms. The Morgan fingerprint density at radius 3 is 2.69 bits per heavy atom. The van der Waals surface area contributed by atoms with Gasteiger partial charge in [-0.05, 0) is 30.3 Å². The van der Waals surface area contributed by atoms with Crippen LogP contribution in [-0.2, 0) is 23.8 Å². The molecule has 0 aromatic carbocycles. The van der Waals surface area contributed by atoms with Crippen LogP contribution in [0.15, 0.2) is 12.2 Å². The van der Waals surface area contributed by atoms with Gasteiger partial charge < -0.3 is 24.4 Å². The molecule has 29 heavy (non-hydrogen) atoms. The van der Waals surface area contributed by atoms with Crippen LogP contribution in [-0.4, -0.2) is 52.4 Å². The summed E-state index contributed by atoms with van der Waals surface area (Å²) < 4.78 is 18.3. The molecule has 7 bridgehead atoms. The maximum Gasteiger partial charge on any atom is 0.302 e. The second-order valence-electron chi connectivity index (χ2n) is 10.8. The van der Waals surface area contributed by atoms with E-state index in [9.17, 15) is 19.8 Å². The number of carbonyl (C=O) groups excluding carboxylic acids is 2. The quantitative estimate of drug-likeness (QED) is 0.502. The number of ether oxygens (including phenoxy) is 3. The van der Waals surface area contributed by atoms with Crippen LogP contribution in [0.1, 0.15) is 46.5 Å². The van der Waals surface area contributed by atoms with Gasteiger partial charge in [-0.25, -0.2) is 0 Å². The van der Waals surface area contributed by atoms with Gasteiger partial charge in [-0.15, -0.1) is 0 Å². The van der Waals surface area contributed by atoms with Gasteiger partial charge >= 0.3 is 5.97 Å². The minimum atomic E-state index is -2.07. The Labute approximate surface area is 169 Å². The zero-order valence-electron chi connectivity index (χ0n) is 17.0. The first-order chi connectivity index (χ1) is 13.5. The van der Waals surface area contributed by atoms with E-state index in [-0.39, 0.29) is 23.0 Å². The van der Waals surface area contributed by atoms with E-state index in [1.807, 2.05) is 0 Å². The third-order valence-electron chi connectivity index (χ3n) is 9.33. The van der Waals surface area contributed by atoms with E-state index in [1.165, 1.54) is 6.92 Å². The van der Waals surface area contributed by atoms with E-state index in [2.05, 4.69) is 20.4 Å². The van der Waals surface area contributed by atoms with Crippen LogP contribution in [0, 0.1) is 34.0 Å². The van der Waals surface area contributed by atoms with Gasteiger partial charge in [0.15, 0.2) is 12.1 Å². The molecule has 0 aromatic heterocycles. The van der Waals surface area contributed by atoms with Crippen molar-refractivity contribution in [3.8, 4) is 0 Å². The molecular formula is C22H28O7. The summed E-state index contributed by atoms with van der Waals surface area (Å²) in [4.78, 5) is 25.7. The molecule has 0 amide bonds. The molecule has 8 aliphatic rings. The molecule has 0 radical (unpaired) electrons. The van der Waals surface area contributed by atoms with Crippen LogP contribution in [0.3, 0.4) is 0 Å². The second kappa shape index (κ2) is 4.96. The zero-order chi connectivity index (χ0) is 20.7. The van der Waals surface area contributed by atoms with Gasteiger partial charge in [0.1, 0.15) is 17.6 Å². The average Bonchev–Trinajstić information content (AvgIpc) is 2.76. The topological polar surface area (TPSA) is 102 Å². The number of carbonyl (C=O) groups is 2. The predicted octanol–water partition coefficient (Wildman–Crippen LogP) is 1.31. The predicted molar refractivity (Wildman–Crippen MR) is 98.0 cm³/mol. The number of Topliss-reactive ketones (excluding diaryl/α,β-unsaturated/α-hetero) is 1. The Morgan fingerprint density at radius 2 is 2.00 bits per heavy atom. The molecule has 158 valence electrons. The summed E-state index contributed by atoms with van der Waals surface area (Å²) in [6, 6.07) is 0. The average molecular weight is 404 g/mol. The minimum Gasteiger partial charge on any atom is -0.462 e. The van der Waals surface area contributed by atoms with E-state index in [1.54, 1.807) is 0 Å². The Morgan fingerprint density at radius 1 is 1.28 bits per heavy atom. The van der Waals surface area contributed by atoms with Crippen LogP contribution in [0.4, 0.5) is 0 Å². The number of aliphatic hydroxyl groups is 2. The van der Waals surface area contributed by atoms with Crippen molar-refractivity contribution in [1.82, 2.24) is 0 Å². The molecule has 2 spiro atoms. The maximum absolute atomic E-state index is 13.7. The summed E-state index contributed by atoms with van der Waals surface area (Å²) in [7, 11) is 0. The van der Waals surface area contributed by atoms with Gasteiger partial charge in [-0.2, -0.15) is 0 Å². The number of ketones is 1. The standard InChI is InChI=1S/C22H28O7/c1-9-11-8-12(27-10(2)23)13-20-7-5-6-19(3,4)14(20)16(25)22(26)21(13,15(9)24)17(11)28-18(20)29-22/h11-14,16-18,25-26H,1,5-8H2,2-4H3/t11-,12-,13-,14+,16-,17?,18?,20+,21-,22+/m0/s1. The summed E-state index contributed by atoms with van der Waals surface area (Å²) >= 11 is 0. The summed E-state index contributed by atoms with van der Waals surface area (Å²) in [6.45, 7) is 9.58. The normalized spacial score (nSPS) is 58.3. The van der Waals surface area contributed by atoms with E-state index < -0.39 is 53.1 Å². The SMILES string of the molecule is C=C1C(=O)[C@@]23C4OC5O[C@]2(O)[C@@H](O)[C@@H]2C(C)(C)CCC[C@]52[C@@H]3[C@@H](OC(C)=O)C[C@@H]14. The minimum absolute atomic E-state index is 0.290. The van der Waals surface area contributed by atoms with Gasteiger partial charge in [0.25, 0.3) is 0 Å². The molecule has 2 N–H and O–H groups in total. The first-order valence-electron chi connectivity index (χ1n) is 10.7. The lowest BCUT2D eigenvalue weighted by Crippen LogP contribution is -2.91. The van der Waals surface area contributed by atoms with Gasteiger partial charge in [-0.1, -0.05) is 26.8 Å². The van der Waals surface area contributed by atoms with Crippen LogP contribution < -0.4 is 0 Å². The van der Waals surface area contributed by atoms with Crippen LogP contribution in [0.5, 0.6) is 0 Å². The summed E-state index contributed by atoms with van der Waals surface area (Å²) in [6.07, 6.45) is -0.170. The molecule has 4 aliphatic heterocycles. The lowest BCUT2D eigenvalue weighted by molar-refractivity contribution is -0.554. The van der Waals surface area contributed by atoms with Crippen molar-refractivity contribution >= 4 is 11.8 Å². The molecule has 8 fully saturated rings. The fourth-order valence-corrected chi connectivity index (χ4v) is 8.79. The van der Waals surface area contributed by atoms with E-state index in [0.717, 1.165) is 12.8 Å². The molecule has 2 unspecified atom stereocenters. The highest BCUT2D eigenvalue weighted by molar-refractivity contribution is 6.05. The summed E-state index contributed by atoms with van der Waals surface area (Å²) in [5.74, 6) is -3.92. The van der Waals surface area contributed by atoms with E-state index in [4.69, 9.17) is 14.2 Å². The Hall–Kier alpha value is -1.28. The van der Waals surface area contributed by atoms with Crippen molar-refractivity contribution < 1.29 is 34.0 Å². The molecule has 10 atom stereocenters. The summed E-state index contributed by atoms with van der Waals surface area (Å²) in [5, 5.41) is 23.4. The number of esters is 1. The molecule has 0 aromatic rings. The fourth-order valence-electron chi connectivity index (χ4n) is 8.79. The molecular weight excluding hydrogens is 376 g/mol. The highest BCUT2D eigenvalue weighted by Crippen LogP contribution is 2.81. The molecule has 4 aliphatic carbocycles. The fraction of sp³-hybridized carbons (Fsp3) is 0.818. The van der Waals surface area contributed by atoms with Crippen LogP contribution in [0.25, 0.3) is 0 Å². The lowest BCUT2D eigenvalue weighted by atomic mass is 9.34. The second-order valence-corrected chi connectivity index (χ2v) is 10.8. The Bertz CT molecular complexity index is 865. The lowest BCUT2D eigenvalue weighted by Gasteiger charge is -2.79. The number of hydrogen-bond acceptors (Lipinski definition) is 7.